The van der Waals surface area contributed by atoms with Gasteiger partial charge in [-0.2, -0.15) is 0 Å². The van der Waals surface area contributed by atoms with E-state index in [4.69, 9.17) is 4.74 Å². The Morgan fingerprint density at radius 2 is 1.65 bits per heavy atom. The molecule has 0 saturated heterocycles. The number of rotatable bonds is 7. The van der Waals surface area contributed by atoms with Crippen molar-refractivity contribution in [3.63, 3.8) is 0 Å². The van der Waals surface area contributed by atoms with Crippen molar-refractivity contribution in [3.8, 4) is 0 Å². The van der Waals surface area contributed by atoms with E-state index in [2.05, 4.69) is 0 Å². The van der Waals surface area contributed by atoms with Gasteiger partial charge in [0.2, 0.25) is 0 Å². The number of nitrogens with zero attached hydrogens (tertiary/aromatic N) is 1. The fourth-order valence-corrected chi connectivity index (χ4v) is 5.24. The highest BCUT2D eigenvalue weighted by atomic mass is 32.2. The second-order valence-electron chi connectivity index (χ2n) is 6.55. The maximum Gasteiger partial charge on any atom is 0.306 e. The number of hydrogen-bond donors (Lipinski definition) is 0. The van der Waals surface area contributed by atoms with Gasteiger partial charge >= 0.3 is 5.97 Å². The lowest BCUT2D eigenvalue weighted by molar-refractivity contribution is -0.143. The summed E-state index contributed by atoms with van der Waals surface area (Å²) >= 11 is 0. The number of ether oxygens (including phenoxy) is 1. The molecule has 1 saturated carbocycles. The fraction of sp³-hybridized carbons (Fsp3) is 0.500. The molecule has 0 spiro atoms. The number of amides is 2. The van der Waals surface area contributed by atoms with Crippen LogP contribution in [0.15, 0.2) is 24.3 Å². The van der Waals surface area contributed by atoms with Gasteiger partial charge < -0.3 is 4.74 Å². The Morgan fingerprint density at radius 1 is 1.08 bits per heavy atom. The Balaban J connectivity index is 1.45. The van der Waals surface area contributed by atoms with Crippen LogP contribution in [0.4, 0.5) is 0 Å². The van der Waals surface area contributed by atoms with Crippen molar-refractivity contribution >= 4 is 27.6 Å². The molecule has 7 nitrogen and oxygen atoms in total. The minimum atomic E-state index is -3.27. The zero-order valence-electron chi connectivity index (χ0n) is 14.3. The summed E-state index contributed by atoms with van der Waals surface area (Å²) < 4.78 is 29.3. The van der Waals surface area contributed by atoms with Crippen LogP contribution in [0.1, 0.15) is 52.8 Å². The molecule has 0 N–H and O–H groups in total. The molecule has 1 aliphatic carbocycles. The van der Waals surface area contributed by atoms with Crippen molar-refractivity contribution in [2.75, 3.05) is 18.9 Å². The molecule has 1 aromatic rings. The molecule has 1 aromatic carbocycles. The van der Waals surface area contributed by atoms with Crippen molar-refractivity contribution in [2.45, 2.75) is 37.4 Å². The van der Waals surface area contributed by atoms with Gasteiger partial charge in [0.15, 0.2) is 9.84 Å². The smallest absolute Gasteiger partial charge is 0.306 e. The molecule has 0 radical (unpaired) electrons. The van der Waals surface area contributed by atoms with Gasteiger partial charge in [0.25, 0.3) is 11.8 Å². The van der Waals surface area contributed by atoms with Gasteiger partial charge in [-0.3, -0.25) is 19.3 Å². The van der Waals surface area contributed by atoms with E-state index in [1.165, 1.54) is 0 Å². The van der Waals surface area contributed by atoms with E-state index in [-0.39, 0.29) is 30.6 Å². The molecular weight excluding hydrogens is 358 g/mol. The highest BCUT2D eigenvalue weighted by Crippen LogP contribution is 2.25. The number of imide groups is 1. The molecular formula is C18H21NO6S. The highest BCUT2D eigenvalue weighted by molar-refractivity contribution is 7.92. The van der Waals surface area contributed by atoms with E-state index in [0.29, 0.717) is 24.0 Å². The maximum atomic E-state index is 12.2. The van der Waals surface area contributed by atoms with Gasteiger partial charge in [-0.15, -0.1) is 0 Å². The van der Waals surface area contributed by atoms with Crippen molar-refractivity contribution < 1.29 is 27.5 Å². The number of esters is 1. The van der Waals surface area contributed by atoms with Crippen LogP contribution >= 0.6 is 0 Å². The molecule has 0 bridgehead atoms. The average Bonchev–Trinajstić information content (AvgIpc) is 3.25. The Hall–Kier alpha value is -2.22. The molecule has 2 aliphatic rings. The standard InChI is InChI=1S/C18H21NO6S/c20-16(9-12-26(23,24)13-5-1-2-6-13)25-11-10-19-17(21)14-7-3-4-8-15(14)18(19)22/h3-4,7-8,13H,1-2,5-6,9-12H2. The van der Waals surface area contributed by atoms with E-state index in [1.807, 2.05) is 0 Å². The fourth-order valence-electron chi connectivity index (χ4n) is 3.40. The van der Waals surface area contributed by atoms with E-state index in [1.54, 1.807) is 24.3 Å². The molecule has 26 heavy (non-hydrogen) atoms. The Labute approximate surface area is 152 Å². The van der Waals surface area contributed by atoms with Crippen molar-refractivity contribution in [1.82, 2.24) is 4.90 Å². The van der Waals surface area contributed by atoms with Crippen molar-refractivity contribution in [1.29, 1.82) is 0 Å². The second kappa shape index (κ2) is 7.57. The van der Waals surface area contributed by atoms with Crippen LogP contribution in [-0.4, -0.2) is 55.3 Å². The molecule has 3 rings (SSSR count). The molecule has 1 aliphatic heterocycles. The first kappa shape index (κ1) is 18.6. The van der Waals surface area contributed by atoms with Gasteiger partial charge in [-0.25, -0.2) is 8.42 Å². The van der Waals surface area contributed by atoms with E-state index in [9.17, 15) is 22.8 Å². The summed E-state index contributed by atoms with van der Waals surface area (Å²) in [4.78, 5) is 37.2. The Morgan fingerprint density at radius 3 is 2.23 bits per heavy atom. The second-order valence-corrected chi connectivity index (χ2v) is 8.95. The monoisotopic (exact) mass is 379 g/mol. The Kier molecular flexibility index (Phi) is 5.41. The third-order valence-corrected chi connectivity index (χ3v) is 7.12. The summed E-state index contributed by atoms with van der Waals surface area (Å²) in [5.41, 5.74) is 0.679. The summed E-state index contributed by atoms with van der Waals surface area (Å²) in [6, 6.07) is 6.52. The van der Waals surface area contributed by atoms with Crippen LogP contribution in [0.2, 0.25) is 0 Å². The summed E-state index contributed by atoms with van der Waals surface area (Å²) in [6.07, 6.45) is 2.94. The number of carbonyl (C=O) groups is 3. The number of benzene rings is 1. The number of hydrogen-bond acceptors (Lipinski definition) is 6. The van der Waals surface area contributed by atoms with E-state index >= 15 is 0 Å². The van der Waals surface area contributed by atoms with E-state index < -0.39 is 27.6 Å². The van der Waals surface area contributed by atoms with Crippen LogP contribution in [0.3, 0.4) is 0 Å². The summed E-state index contributed by atoms with van der Waals surface area (Å²) in [6.45, 7) is -0.193. The van der Waals surface area contributed by atoms with Crippen molar-refractivity contribution in [2.24, 2.45) is 0 Å². The maximum absolute atomic E-state index is 12.2. The van der Waals surface area contributed by atoms with Crippen LogP contribution in [0.25, 0.3) is 0 Å². The lowest BCUT2D eigenvalue weighted by Crippen LogP contribution is -2.33. The quantitative estimate of drug-likeness (QED) is 0.527. The third kappa shape index (κ3) is 3.80. The van der Waals surface area contributed by atoms with Gasteiger partial charge in [0, 0.05) is 0 Å². The SMILES string of the molecule is O=C(CCS(=O)(=O)C1CCCC1)OCCN1C(=O)c2ccccc2C1=O. The topological polar surface area (TPSA) is 97.8 Å². The van der Waals surface area contributed by atoms with Crippen LogP contribution < -0.4 is 0 Å². The van der Waals surface area contributed by atoms with E-state index in [0.717, 1.165) is 17.7 Å². The molecule has 1 heterocycles. The largest absolute Gasteiger partial charge is 0.464 e. The lowest BCUT2D eigenvalue weighted by Gasteiger charge is -2.14. The van der Waals surface area contributed by atoms with Gasteiger partial charge in [0.1, 0.15) is 6.61 Å². The van der Waals surface area contributed by atoms with Crippen LogP contribution in [0.5, 0.6) is 0 Å². The normalized spacial score (nSPS) is 17.6. The zero-order valence-corrected chi connectivity index (χ0v) is 15.2. The molecule has 0 unspecified atom stereocenters. The molecule has 1 fully saturated rings. The predicted molar refractivity (Wildman–Crippen MR) is 93.4 cm³/mol. The summed E-state index contributed by atoms with van der Waals surface area (Å²) in [5, 5.41) is -0.339. The minimum Gasteiger partial charge on any atom is -0.464 e. The van der Waals surface area contributed by atoms with Crippen molar-refractivity contribution in [3.05, 3.63) is 35.4 Å². The van der Waals surface area contributed by atoms with Gasteiger partial charge in [-0.05, 0) is 25.0 Å². The first-order chi connectivity index (χ1) is 12.4. The first-order valence-electron chi connectivity index (χ1n) is 8.72. The molecule has 2 amide bonds. The van der Waals surface area contributed by atoms with Crippen LogP contribution in [0, 0.1) is 0 Å². The molecule has 8 heteroatoms. The summed E-state index contributed by atoms with van der Waals surface area (Å²) in [7, 11) is -3.27. The predicted octanol–water partition coefficient (Wildman–Crippen LogP) is 1.57. The number of carbonyl (C=O) groups excluding carboxylic acids is 3. The minimum absolute atomic E-state index is 0.0482. The number of sulfone groups is 1. The third-order valence-electron chi connectivity index (χ3n) is 4.86. The van der Waals surface area contributed by atoms with Gasteiger partial charge in [0.05, 0.1) is 35.1 Å². The highest BCUT2D eigenvalue weighted by Gasteiger charge is 2.35. The molecule has 0 aromatic heterocycles. The molecule has 0 atom stereocenters. The van der Waals surface area contributed by atoms with Gasteiger partial charge in [-0.1, -0.05) is 25.0 Å². The average molecular weight is 379 g/mol. The zero-order chi connectivity index (χ0) is 18.7. The molecule has 140 valence electrons. The summed E-state index contributed by atoms with van der Waals surface area (Å²) in [5.74, 6) is -1.68. The van der Waals surface area contributed by atoms with Crippen LogP contribution in [-0.2, 0) is 19.4 Å². The lowest BCUT2D eigenvalue weighted by atomic mass is 10.1. The first-order valence-corrected chi connectivity index (χ1v) is 10.4. The number of fused-ring (bicyclic) bond motifs is 1. The Bertz CT molecular complexity index is 791.